The lowest BCUT2D eigenvalue weighted by Gasteiger charge is -2.06. The molecule has 0 fully saturated rings. The molecule has 4 heteroatoms. The van der Waals surface area contributed by atoms with Gasteiger partial charge in [-0.1, -0.05) is 30.3 Å². The molecule has 0 aliphatic carbocycles. The number of aryl methyl sites for hydroxylation is 1. The Morgan fingerprint density at radius 3 is 2.76 bits per heavy atom. The van der Waals surface area contributed by atoms with E-state index in [2.05, 4.69) is 17.1 Å². The Balaban J connectivity index is 1.73. The van der Waals surface area contributed by atoms with Gasteiger partial charge in [0.2, 0.25) is 5.89 Å². The van der Waals surface area contributed by atoms with Crippen LogP contribution in [0.2, 0.25) is 0 Å². The van der Waals surface area contributed by atoms with Crippen LogP contribution < -0.4 is 10.5 Å². The number of hydrogen-bond donors (Lipinski definition) is 1. The molecule has 1 atom stereocenters. The van der Waals surface area contributed by atoms with E-state index in [9.17, 15) is 0 Å². The molecule has 0 bridgehead atoms. The number of benzene rings is 2. The van der Waals surface area contributed by atoms with Crippen LogP contribution in [0.25, 0.3) is 11.1 Å². The number of fused-ring (bicyclic) bond motifs is 1. The lowest BCUT2D eigenvalue weighted by atomic mass is 10.1. The van der Waals surface area contributed by atoms with Gasteiger partial charge >= 0.3 is 0 Å². The van der Waals surface area contributed by atoms with Crippen molar-refractivity contribution in [2.75, 3.05) is 7.11 Å². The Labute approximate surface area is 123 Å². The van der Waals surface area contributed by atoms with Gasteiger partial charge in [-0.05, 0) is 30.5 Å². The van der Waals surface area contributed by atoms with Crippen molar-refractivity contribution < 1.29 is 9.15 Å². The van der Waals surface area contributed by atoms with Crippen LogP contribution in [-0.2, 0) is 6.42 Å². The summed E-state index contributed by atoms with van der Waals surface area (Å²) in [5, 5.41) is 0. The highest BCUT2D eigenvalue weighted by molar-refractivity contribution is 5.74. The lowest BCUT2D eigenvalue weighted by Crippen LogP contribution is -2.11. The Bertz CT molecular complexity index is 722. The number of nitrogens with two attached hydrogens (primary N) is 1. The smallest absolute Gasteiger partial charge is 0.212 e. The first-order chi connectivity index (χ1) is 10.3. The molecular weight excluding hydrogens is 264 g/mol. The largest absolute Gasteiger partial charge is 0.497 e. The van der Waals surface area contributed by atoms with Gasteiger partial charge in [-0.2, -0.15) is 0 Å². The van der Waals surface area contributed by atoms with Gasteiger partial charge in [0, 0.05) is 6.07 Å². The van der Waals surface area contributed by atoms with Gasteiger partial charge in [0.15, 0.2) is 5.58 Å². The molecule has 3 aromatic rings. The van der Waals surface area contributed by atoms with Crippen LogP contribution in [-0.4, -0.2) is 12.1 Å². The van der Waals surface area contributed by atoms with Gasteiger partial charge in [0.05, 0.1) is 13.2 Å². The summed E-state index contributed by atoms with van der Waals surface area (Å²) in [6.07, 6.45) is 1.71. The minimum Gasteiger partial charge on any atom is -0.497 e. The van der Waals surface area contributed by atoms with E-state index in [1.807, 2.05) is 36.4 Å². The highest BCUT2D eigenvalue weighted by atomic mass is 16.5. The monoisotopic (exact) mass is 282 g/mol. The Kier molecular flexibility index (Phi) is 3.88. The Morgan fingerprint density at radius 2 is 2.00 bits per heavy atom. The van der Waals surface area contributed by atoms with Crippen LogP contribution in [0.4, 0.5) is 0 Å². The van der Waals surface area contributed by atoms with E-state index in [4.69, 9.17) is 14.9 Å². The molecule has 108 valence electrons. The van der Waals surface area contributed by atoms with Crippen molar-refractivity contribution in [1.29, 1.82) is 0 Å². The molecule has 3 rings (SSSR count). The Morgan fingerprint density at radius 1 is 1.19 bits per heavy atom. The third-order valence-corrected chi connectivity index (χ3v) is 3.52. The molecule has 0 aliphatic rings. The van der Waals surface area contributed by atoms with Gasteiger partial charge < -0.3 is 14.9 Å². The van der Waals surface area contributed by atoms with Gasteiger partial charge in [0.25, 0.3) is 0 Å². The highest BCUT2D eigenvalue weighted by Gasteiger charge is 2.14. The molecule has 0 aliphatic heterocycles. The molecular formula is C17H18N2O2. The van der Waals surface area contributed by atoms with Crippen molar-refractivity contribution in [2.45, 2.75) is 18.9 Å². The van der Waals surface area contributed by atoms with E-state index in [0.29, 0.717) is 5.89 Å². The highest BCUT2D eigenvalue weighted by Crippen LogP contribution is 2.25. The van der Waals surface area contributed by atoms with Gasteiger partial charge in [-0.3, -0.25) is 0 Å². The molecule has 1 unspecified atom stereocenters. The van der Waals surface area contributed by atoms with Crippen molar-refractivity contribution in [3.8, 4) is 5.75 Å². The maximum absolute atomic E-state index is 6.19. The summed E-state index contributed by atoms with van der Waals surface area (Å²) in [6, 6.07) is 15.6. The van der Waals surface area contributed by atoms with Crippen molar-refractivity contribution in [3.63, 3.8) is 0 Å². The third-order valence-electron chi connectivity index (χ3n) is 3.52. The molecule has 0 amide bonds. The topological polar surface area (TPSA) is 61.3 Å². The van der Waals surface area contributed by atoms with Crippen molar-refractivity contribution in [1.82, 2.24) is 4.98 Å². The van der Waals surface area contributed by atoms with Crippen molar-refractivity contribution in [3.05, 3.63) is 60.0 Å². The second-order valence-electron chi connectivity index (χ2n) is 5.02. The summed E-state index contributed by atoms with van der Waals surface area (Å²) < 4.78 is 10.9. The standard InChI is InChI=1S/C17H18N2O2/c1-20-13-8-10-16-15(11-13)19-17(21-16)14(18)9-7-12-5-3-2-4-6-12/h2-6,8,10-11,14H,7,9,18H2,1H3. The van der Waals surface area contributed by atoms with Gasteiger partial charge in [-0.25, -0.2) is 4.98 Å². The molecule has 4 nitrogen and oxygen atoms in total. The van der Waals surface area contributed by atoms with E-state index >= 15 is 0 Å². The summed E-state index contributed by atoms with van der Waals surface area (Å²) in [5.41, 5.74) is 8.97. The van der Waals surface area contributed by atoms with Crippen molar-refractivity contribution >= 4 is 11.1 Å². The fraction of sp³-hybridized carbons (Fsp3) is 0.235. The van der Waals surface area contributed by atoms with E-state index < -0.39 is 0 Å². The Hall–Kier alpha value is -2.33. The van der Waals surface area contributed by atoms with E-state index in [1.165, 1.54) is 5.56 Å². The zero-order chi connectivity index (χ0) is 14.7. The predicted molar refractivity (Wildman–Crippen MR) is 82.3 cm³/mol. The second kappa shape index (κ2) is 5.97. The van der Waals surface area contributed by atoms with Gasteiger partial charge in [-0.15, -0.1) is 0 Å². The summed E-state index contributed by atoms with van der Waals surface area (Å²) in [6.45, 7) is 0. The van der Waals surface area contributed by atoms with Crippen LogP contribution in [0.15, 0.2) is 52.9 Å². The molecule has 1 heterocycles. The first kappa shape index (κ1) is 13.6. The minimum atomic E-state index is -0.205. The summed E-state index contributed by atoms with van der Waals surface area (Å²) >= 11 is 0. The summed E-state index contributed by atoms with van der Waals surface area (Å²) in [7, 11) is 1.63. The van der Waals surface area contributed by atoms with E-state index in [1.54, 1.807) is 7.11 Å². The predicted octanol–water partition coefficient (Wildman–Crippen LogP) is 3.47. The average Bonchev–Trinajstić information content (AvgIpc) is 2.96. The number of oxazole rings is 1. The number of methoxy groups -OCH3 is 1. The molecule has 0 saturated carbocycles. The first-order valence-electron chi connectivity index (χ1n) is 7.00. The normalized spacial score (nSPS) is 12.5. The first-order valence-corrected chi connectivity index (χ1v) is 7.00. The fourth-order valence-electron chi connectivity index (χ4n) is 2.30. The van der Waals surface area contributed by atoms with Crippen molar-refractivity contribution in [2.24, 2.45) is 5.73 Å². The lowest BCUT2D eigenvalue weighted by molar-refractivity contribution is 0.415. The zero-order valence-corrected chi connectivity index (χ0v) is 12.0. The SMILES string of the molecule is COc1ccc2oc(C(N)CCc3ccccc3)nc2c1. The number of hydrogen-bond acceptors (Lipinski definition) is 4. The number of ether oxygens (including phenoxy) is 1. The number of aromatic nitrogens is 1. The third kappa shape index (κ3) is 3.06. The number of rotatable bonds is 5. The molecule has 2 N–H and O–H groups in total. The zero-order valence-electron chi connectivity index (χ0n) is 12.0. The molecule has 0 radical (unpaired) electrons. The molecule has 21 heavy (non-hydrogen) atoms. The summed E-state index contributed by atoms with van der Waals surface area (Å²) in [4.78, 5) is 4.46. The van der Waals surface area contributed by atoms with E-state index in [-0.39, 0.29) is 6.04 Å². The van der Waals surface area contributed by atoms with Crippen LogP contribution in [0.1, 0.15) is 23.9 Å². The molecule has 0 spiro atoms. The molecule has 2 aromatic carbocycles. The fourth-order valence-corrected chi connectivity index (χ4v) is 2.30. The van der Waals surface area contributed by atoms with E-state index in [0.717, 1.165) is 29.7 Å². The maximum atomic E-state index is 6.19. The number of nitrogens with zero attached hydrogens (tertiary/aromatic N) is 1. The van der Waals surface area contributed by atoms with Crippen LogP contribution in [0.3, 0.4) is 0 Å². The molecule has 0 saturated heterocycles. The maximum Gasteiger partial charge on any atom is 0.212 e. The molecule has 1 aromatic heterocycles. The van der Waals surface area contributed by atoms with Crippen LogP contribution in [0, 0.1) is 0 Å². The quantitative estimate of drug-likeness (QED) is 0.778. The van der Waals surface area contributed by atoms with Crippen LogP contribution >= 0.6 is 0 Å². The second-order valence-corrected chi connectivity index (χ2v) is 5.02. The minimum absolute atomic E-state index is 0.205. The van der Waals surface area contributed by atoms with Crippen LogP contribution in [0.5, 0.6) is 5.75 Å². The van der Waals surface area contributed by atoms with Gasteiger partial charge in [0.1, 0.15) is 11.3 Å². The average molecular weight is 282 g/mol. The summed E-state index contributed by atoms with van der Waals surface area (Å²) in [5.74, 6) is 1.34.